The van der Waals surface area contributed by atoms with E-state index in [-0.39, 0.29) is 23.8 Å². The Morgan fingerprint density at radius 3 is 2.13 bits per heavy atom. The summed E-state index contributed by atoms with van der Waals surface area (Å²) in [6.07, 6.45) is 0. The molecule has 0 aliphatic heterocycles. The minimum atomic E-state index is -0.550. The van der Waals surface area contributed by atoms with Crippen molar-refractivity contribution in [2.45, 2.75) is 13.5 Å². The Labute approximate surface area is 172 Å². The number of nitrogens with one attached hydrogen (secondary N) is 1. The van der Waals surface area contributed by atoms with Crippen LogP contribution in [0, 0.1) is 10.1 Å². The topological polar surface area (TPSA) is 108 Å². The van der Waals surface area contributed by atoms with E-state index < -0.39 is 10.9 Å². The van der Waals surface area contributed by atoms with Gasteiger partial charge in [0.1, 0.15) is 18.1 Å². The maximum atomic E-state index is 12.4. The molecule has 0 heterocycles. The highest BCUT2D eigenvalue weighted by atomic mass is 16.6. The van der Waals surface area contributed by atoms with Crippen LogP contribution in [0.5, 0.6) is 11.5 Å². The van der Waals surface area contributed by atoms with Crippen LogP contribution in [0.3, 0.4) is 0 Å². The van der Waals surface area contributed by atoms with Crippen LogP contribution in [0.2, 0.25) is 0 Å². The summed E-state index contributed by atoms with van der Waals surface area (Å²) < 4.78 is 11.0. The van der Waals surface area contributed by atoms with Crippen molar-refractivity contribution in [1.29, 1.82) is 0 Å². The van der Waals surface area contributed by atoms with E-state index >= 15 is 0 Å². The van der Waals surface area contributed by atoms with Crippen LogP contribution in [0.25, 0.3) is 0 Å². The van der Waals surface area contributed by atoms with E-state index in [2.05, 4.69) is 5.32 Å². The number of nitro benzene ring substituents is 1. The molecule has 8 nitrogen and oxygen atoms in total. The van der Waals surface area contributed by atoms with Gasteiger partial charge in [0.25, 0.3) is 5.69 Å². The van der Waals surface area contributed by atoms with Gasteiger partial charge in [-0.25, -0.2) is 4.79 Å². The average molecular weight is 406 g/mol. The van der Waals surface area contributed by atoms with Crippen LogP contribution in [0.15, 0.2) is 72.8 Å². The number of nitrogens with zero attached hydrogens (tertiary/aromatic N) is 1. The van der Waals surface area contributed by atoms with Crippen LogP contribution >= 0.6 is 0 Å². The second-order valence-electron chi connectivity index (χ2n) is 6.30. The van der Waals surface area contributed by atoms with E-state index in [1.165, 1.54) is 31.2 Å². The van der Waals surface area contributed by atoms with Gasteiger partial charge in [0.2, 0.25) is 5.91 Å². The molecule has 0 saturated carbocycles. The highest BCUT2D eigenvalue weighted by molar-refractivity contribution is 6.00. The van der Waals surface area contributed by atoms with Crippen molar-refractivity contribution in [1.82, 2.24) is 0 Å². The molecule has 0 fully saturated rings. The molecule has 0 bridgehead atoms. The van der Waals surface area contributed by atoms with Gasteiger partial charge in [0.15, 0.2) is 0 Å². The lowest BCUT2D eigenvalue weighted by atomic mass is 10.1. The Bertz CT molecular complexity index is 1060. The molecule has 1 N–H and O–H groups in total. The zero-order valence-corrected chi connectivity index (χ0v) is 16.0. The van der Waals surface area contributed by atoms with Crippen molar-refractivity contribution in [3.05, 3.63) is 94.0 Å². The zero-order valence-electron chi connectivity index (χ0n) is 16.0. The first-order chi connectivity index (χ1) is 14.4. The SMILES string of the molecule is CC(=O)Nc1ccccc1C(=O)OCc1ccc(Oc2ccc([N+](=O)[O-])cc2)cc1. The van der Waals surface area contributed by atoms with Gasteiger partial charge in [-0.2, -0.15) is 0 Å². The first kappa shape index (κ1) is 20.5. The molecule has 0 aliphatic rings. The fourth-order valence-corrected chi connectivity index (χ4v) is 2.61. The third kappa shape index (κ3) is 5.41. The normalized spacial score (nSPS) is 10.2. The fourth-order valence-electron chi connectivity index (χ4n) is 2.61. The van der Waals surface area contributed by atoms with Crippen LogP contribution < -0.4 is 10.1 Å². The molecule has 0 aliphatic carbocycles. The van der Waals surface area contributed by atoms with Crippen molar-refractivity contribution < 1.29 is 24.0 Å². The molecular weight excluding hydrogens is 388 g/mol. The number of anilines is 1. The number of ether oxygens (including phenoxy) is 2. The van der Waals surface area contributed by atoms with Crippen molar-refractivity contribution in [3.8, 4) is 11.5 Å². The van der Waals surface area contributed by atoms with Crippen molar-refractivity contribution in [2.24, 2.45) is 0 Å². The standard InChI is InChI=1S/C22H18N2O6/c1-15(25)23-21-5-3-2-4-20(21)22(26)29-14-16-6-10-18(11-7-16)30-19-12-8-17(9-13-19)24(27)28/h2-13H,14H2,1H3,(H,23,25). The molecule has 1 amide bonds. The van der Waals surface area contributed by atoms with E-state index in [1.807, 2.05) is 0 Å². The summed E-state index contributed by atoms with van der Waals surface area (Å²) in [5.74, 6) is 0.175. The van der Waals surface area contributed by atoms with Gasteiger partial charge in [-0.05, 0) is 42.0 Å². The van der Waals surface area contributed by atoms with Crippen molar-refractivity contribution in [2.75, 3.05) is 5.32 Å². The smallest absolute Gasteiger partial charge is 0.340 e. The summed E-state index contributed by atoms with van der Waals surface area (Å²) in [6.45, 7) is 1.41. The summed E-state index contributed by atoms with van der Waals surface area (Å²) >= 11 is 0. The molecule has 8 heteroatoms. The van der Waals surface area contributed by atoms with E-state index in [9.17, 15) is 19.7 Å². The number of hydrogen-bond donors (Lipinski definition) is 1. The zero-order chi connectivity index (χ0) is 21.5. The quantitative estimate of drug-likeness (QED) is 0.346. The molecule has 0 aromatic heterocycles. The number of amides is 1. The number of carbonyl (C=O) groups excluding carboxylic acids is 2. The fraction of sp³-hybridized carbons (Fsp3) is 0.0909. The monoisotopic (exact) mass is 406 g/mol. The van der Waals surface area contributed by atoms with Gasteiger partial charge in [-0.3, -0.25) is 14.9 Å². The lowest BCUT2D eigenvalue weighted by Crippen LogP contribution is -2.12. The number of benzene rings is 3. The second-order valence-corrected chi connectivity index (χ2v) is 6.30. The second kappa shape index (κ2) is 9.33. The largest absolute Gasteiger partial charge is 0.457 e. The first-order valence-electron chi connectivity index (χ1n) is 8.97. The Kier molecular flexibility index (Phi) is 6.39. The van der Waals surface area contributed by atoms with Crippen LogP contribution in [0.1, 0.15) is 22.8 Å². The Balaban J connectivity index is 1.59. The number of rotatable bonds is 7. The lowest BCUT2D eigenvalue weighted by molar-refractivity contribution is -0.384. The summed E-state index contributed by atoms with van der Waals surface area (Å²) in [5, 5.41) is 13.3. The number of non-ortho nitro benzene ring substituents is 1. The Morgan fingerprint density at radius 2 is 1.53 bits per heavy atom. The molecule has 0 atom stereocenters. The van der Waals surface area contributed by atoms with Gasteiger partial charge in [-0.15, -0.1) is 0 Å². The number of esters is 1. The van der Waals surface area contributed by atoms with Crippen molar-refractivity contribution >= 4 is 23.3 Å². The summed E-state index contributed by atoms with van der Waals surface area (Å²) in [4.78, 5) is 33.8. The highest BCUT2D eigenvalue weighted by Gasteiger charge is 2.13. The summed E-state index contributed by atoms with van der Waals surface area (Å²) in [7, 11) is 0. The van der Waals surface area contributed by atoms with Crippen LogP contribution in [0.4, 0.5) is 11.4 Å². The number of para-hydroxylation sites is 1. The van der Waals surface area contributed by atoms with E-state index in [1.54, 1.807) is 48.5 Å². The predicted molar refractivity (Wildman–Crippen MR) is 109 cm³/mol. The first-order valence-corrected chi connectivity index (χ1v) is 8.97. The molecule has 152 valence electrons. The number of nitro groups is 1. The van der Waals surface area contributed by atoms with Crippen LogP contribution in [-0.4, -0.2) is 16.8 Å². The van der Waals surface area contributed by atoms with Gasteiger partial charge >= 0.3 is 5.97 Å². The van der Waals surface area contributed by atoms with E-state index in [0.29, 0.717) is 17.2 Å². The molecule has 3 rings (SSSR count). The third-order valence-electron chi connectivity index (χ3n) is 4.03. The Hall–Kier alpha value is -4.20. The average Bonchev–Trinajstić information content (AvgIpc) is 2.73. The van der Waals surface area contributed by atoms with E-state index in [4.69, 9.17) is 9.47 Å². The molecular formula is C22H18N2O6. The van der Waals surface area contributed by atoms with Gasteiger partial charge < -0.3 is 14.8 Å². The van der Waals surface area contributed by atoms with E-state index in [0.717, 1.165) is 5.56 Å². The predicted octanol–water partition coefficient (Wildman–Crippen LogP) is 4.70. The summed E-state index contributed by atoms with van der Waals surface area (Å²) in [5.41, 5.74) is 1.39. The number of carbonyl (C=O) groups is 2. The van der Waals surface area contributed by atoms with Gasteiger partial charge in [-0.1, -0.05) is 24.3 Å². The highest BCUT2D eigenvalue weighted by Crippen LogP contribution is 2.24. The summed E-state index contributed by atoms with van der Waals surface area (Å²) in [6, 6.07) is 19.3. The maximum absolute atomic E-state index is 12.4. The molecule has 0 saturated heterocycles. The Morgan fingerprint density at radius 1 is 0.933 bits per heavy atom. The molecule has 3 aromatic rings. The van der Waals surface area contributed by atoms with Crippen molar-refractivity contribution in [3.63, 3.8) is 0 Å². The molecule has 3 aromatic carbocycles. The van der Waals surface area contributed by atoms with Crippen LogP contribution in [-0.2, 0) is 16.1 Å². The molecule has 0 radical (unpaired) electrons. The number of hydrogen-bond acceptors (Lipinski definition) is 6. The minimum absolute atomic E-state index is 0.0143. The maximum Gasteiger partial charge on any atom is 0.340 e. The molecule has 0 spiro atoms. The lowest BCUT2D eigenvalue weighted by Gasteiger charge is -2.10. The molecule has 30 heavy (non-hydrogen) atoms. The van der Waals surface area contributed by atoms with Gasteiger partial charge in [0.05, 0.1) is 16.2 Å². The minimum Gasteiger partial charge on any atom is -0.457 e. The van der Waals surface area contributed by atoms with Gasteiger partial charge in [0, 0.05) is 19.1 Å². The molecule has 0 unspecified atom stereocenters. The third-order valence-corrected chi connectivity index (χ3v) is 4.03.